The third kappa shape index (κ3) is 8.94. The van der Waals surface area contributed by atoms with E-state index in [1.54, 1.807) is 17.0 Å². The van der Waals surface area contributed by atoms with Crippen molar-refractivity contribution in [2.45, 2.75) is 33.3 Å². The SMILES string of the molecule is CC(C)COC(=O)N1CCCN(CC(=O)NCCc2ccc(OC(F)F)cc2)CC1. The minimum atomic E-state index is -2.84. The van der Waals surface area contributed by atoms with Crippen molar-refractivity contribution in [3.63, 3.8) is 0 Å². The Bertz CT molecular complexity index is 671. The molecule has 1 aliphatic heterocycles. The van der Waals surface area contributed by atoms with Gasteiger partial charge in [0.1, 0.15) is 5.75 Å². The highest BCUT2D eigenvalue weighted by Crippen LogP contribution is 2.15. The normalized spacial score (nSPS) is 15.2. The third-order valence-corrected chi connectivity index (χ3v) is 4.64. The van der Waals surface area contributed by atoms with Gasteiger partial charge in [0.25, 0.3) is 0 Å². The number of nitrogens with zero attached hydrogens (tertiary/aromatic N) is 2. The molecule has 1 fully saturated rings. The second kappa shape index (κ2) is 12.3. The molecule has 2 rings (SSSR count). The van der Waals surface area contributed by atoms with Crippen LogP contribution in [0.2, 0.25) is 0 Å². The molecule has 0 aromatic heterocycles. The number of nitrogens with one attached hydrogen (secondary N) is 1. The van der Waals surface area contributed by atoms with Gasteiger partial charge < -0.3 is 19.7 Å². The van der Waals surface area contributed by atoms with Crippen LogP contribution in [-0.2, 0) is 16.0 Å². The molecule has 1 aliphatic rings. The van der Waals surface area contributed by atoms with E-state index in [0.29, 0.717) is 45.1 Å². The first kappa shape index (κ1) is 23.9. The van der Waals surface area contributed by atoms with E-state index in [0.717, 1.165) is 18.5 Å². The molecule has 0 saturated carbocycles. The minimum Gasteiger partial charge on any atom is -0.449 e. The van der Waals surface area contributed by atoms with E-state index in [-0.39, 0.29) is 24.3 Å². The molecule has 1 aromatic carbocycles. The predicted octanol–water partition coefficient (Wildman–Crippen LogP) is 2.75. The molecule has 0 unspecified atom stereocenters. The average Bonchev–Trinajstić information content (AvgIpc) is 2.92. The van der Waals surface area contributed by atoms with Crippen molar-refractivity contribution < 1.29 is 27.8 Å². The Morgan fingerprint density at radius 2 is 1.83 bits per heavy atom. The Balaban J connectivity index is 1.66. The fraction of sp³-hybridized carbons (Fsp3) is 0.619. The van der Waals surface area contributed by atoms with Crippen LogP contribution in [0.1, 0.15) is 25.8 Å². The number of ether oxygens (including phenoxy) is 2. The van der Waals surface area contributed by atoms with Crippen LogP contribution in [0.25, 0.3) is 0 Å². The van der Waals surface area contributed by atoms with E-state index in [4.69, 9.17) is 4.74 Å². The largest absolute Gasteiger partial charge is 0.449 e. The number of benzene rings is 1. The second-order valence-electron chi connectivity index (χ2n) is 7.71. The van der Waals surface area contributed by atoms with Crippen LogP contribution in [0.4, 0.5) is 13.6 Å². The summed E-state index contributed by atoms with van der Waals surface area (Å²) in [5.41, 5.74) is 0.919. The molecular weight excluding hydrogens is 396 g/mol. The summed E-state index contributed by atoms with van der Waals surface area (Å²) in [7, 11) is 0. The van der Waals surface area contributed by atoms with E-state index >= 15 is 0 Å². The van der Waals surface area contributed by atoms with Gasteiger partial charge in [-0.25, -0.2) is 4.79 Å². The Hall–Kier alpha value is -2.42. The molecular formula is C21H31F2N3O4. The lowest BCUT2D eigenvalue weighted by Gasteiger charge is -2.21. The van der Waals surface area contributed by atoms with Crippen LogP contribution in [0, 0.1) is 5.92 Å². The van der Waals surface area contributed by atoms with Gasteiger partial charge in [-0.2, -0.15) is 8.78 Å². The van der Waals surface area contributed by atoms with Crippen molar-refractivity contribution in [2.75, 3.05) is 45.9 Å². The van der Waals surface area contributed by atoms with Crippen LogP contribution >= 0.6 is 0 Å². The molecule has 0 aliphatic carbocycles. The molecule has 168 valence electrons. The van der Waals surface area contributed by atoms with Crippen molar-refractivity contribution in [1.29, 1.82) is 0 Å². The van der Waals surface area contributed by atoms with Gasteiger partial charge >= 0.3 is 12.7 Å². The monoisotopic (exact) mass is 427 g/mol. The van der Waals surface area contributed by atoms with E-state index in [1.165, 1.54) is 12.1 Å². The summed E-state index contributed by atoms with van der Waals surface area (Å²) in [5.74, 6) is 0.328. The Morgan fingerprint density at radius 3 is 2.50 bits per heavy atom. The smallest absolute Gasteiger partial charge is 0.409 e. The van der Waals surface area contributed by atoms with Gasteiger partial charge in [-0.05, 0) is 36.5 Å². The molecule has 1 heterocycles. The molecule has 0 spiro atoms. The Labute approximate surface area is 176 Å². The molecule has 1 saturated heterocycles. The van der Waals surface area contributed by atoms with Crippen molar-refractivity contribution >= 4 is 12.0 Å². The van der Waals surface area contributed by atoms with Crippen LogP contribution in [0.15, 0.2) is 24.3 Å². The molecule has 0 bridgehead atoms. The fourth-order valence-electron chi connectivity index (χ4n) is 3.08. The summed E-state index contributed by atoms with van der Waals surface area (Å²) >= 11 is 0. The first-order valence-electron chi connectivity index (χ1n) is 10.3. The number of rotatable bonds is 9. The quantitative estimate of drug-likeness (QED) is 0.656. The second-order valence-corrected chi connectivity index (χ2v) is 7.71. The van der Waals surface area contributed by atoms with Gasteiger partial charge in [-0.15, -0.1) is 0 Å². The van der Waals surface area contributed by atoms with Gasteiger partial charge in [-0.1, -0.05) is 26.0 Å². The molecule has 0 atom stereocenters. The van der Waals surface area contributed by atoms with Crippen LogP contribution in [-0.4, -0.2) is 74.3 Å². The van der Waals surface area contributed by atoms with Crippen LogP contribution in [0.5, 0.6) is 5.75 Å². The summed E-state index contributed by atoms with van der Waals surface area (Å²) in [5, 5.41) is 2.88. The first-order chi connectivity index (χ1) is 14.3. The molecule has 2 amide bonds. The number of alkyl halides is 2. The number of carbonyl (C=O) groups is 2. The molecule has 1 aromatic rings. The fourth-order valence-corrected chi connectivity index (χ4v) is 3.08. The van der Waals surface area contributed by atoms with Gasteiger partial charge in [0.2, 0.25) is 5.91 Å². The molecule has 0 radical (unpaired) electrons. The van der Waals surface area contributed by atoms with Crippen molar-refractivity contribution in [2.24, 2.45) is 5.92 Å². The van der Waals surface area contributed by atoms with Gasteiger partial charge in [0.15, 0.2) is 0 Å². The number of hydrogen-bond donors (Lipinski definition) is 1. The van der Waals surface area contributed by atoms with Gasteiger partial charge in [0, 0.05) is 32.7 Å². The summed E-state index contributed by atoms with van der Waals surface area (Å²) < 4.78 is 33.9. The van der Waals surface area contributed by atoms with Crippen molar-refractivity contribution in [1.82, 2.24) is 15.1 Å². The lowest BCUT2D eigenvalue weighted by Crippen LogP contribution is -2.40. The highest BCUT2D eigenvalue weighted by Gasteiger charge is 2.21. The van der Waals surface area contributed by atoms with E-state index in [2.05, 4.69) is 10.1 Å². The standard InChI is InChI=1S/C21H31F2N3O4/c1-16(2)15-29-21(28)26-11-3-10-25(12-13-26)14-19(27)24-9-8-17-4-6-18(7-5-17)30-20(22)23/h4-7,16,20H,3,8-15H2,1-2H3,(H,24,27). The van der Waals surface area contributed by atoms with Gasteiger partial charge in [0.05, 0.1) is 13.2 Å². The van der Waals surface area contributed by atoms with E-state index in [1.807, 2.05) is 18.7 Å². The molecule has 9 heteroatoms. The van der Waals surface area contributed by atoms with Crippen LogP contribution < -0.4 is 10.1 Å². The number of carbonyl (C=O) groups excluding carboxylic acids is 2. The zero-order valence-corrected chi connectivity index (χ0v) is 17.6. The molecule has 1 N–H and O–H groups in total. The number of halogens is 2. The van der Waals surface area contributed by atoms with Crippen molar-refractivity contribution in [3.8, 4) is 5.75 Å². The Morgan fingerprint density at radius 1 is 1.10 bits per heavy atom. The molecule has 7 nitrogen and oxygen atoms in total. The maximum Gasteiger partial charge on any atom is 0.409 e. The maximum absolute atomic E-state index is 12.2. The summed E-state index contributed by atoms with van der Waals surface area (Å²) in [6, 6.07) is 6.37. The zero-order chi connectivity index (χ0) is 21.9. The minimum absolute atomic E-state index is 0.0801. The summed E-state index contributed by atoms with van der Waals surface area (Å²) in [6.45, 7) is 4.81. The van der Waals surface area contributed by atoms with Crippen LogP contribution in [0.3, 0.4) is 0 Å². The predicted molar refractivity (Wildman–Crippen MR) is 109 cm³/mol. The van der Waals surface area contributed by atoms with Gasteiger partial charge in [-0.3, -0.25) is 9.69 Å². The summed E-state index contributed by atoms with van der Waals surface area (Å²) in [4.78, 5) is 28.0. The highest BCUT2D eigenvalue weighted by atomic mass is 19.3. The zero-order valence-electron chi connectivity index (χ0n) is 17.6. The third-order valence-electron chi connectivity index (χ3n) is 4.64. The number of amides is 2. The van der Waals surface area contributed by atoms with E-state index in [9.17, 15) is 18.4 Å². The lowest BCUT2D eigenvalue weighted by molar-refractivity contribution is -0.122. The maximum atomic E-state index is 12.2. The Kier molecular flexibility index (Phi) is 9.79. The number of hydrogen-bond acceptors (Lipinski definition) is 5. The first-order valence-corrected chi connectivity index (χ1v) is 10.3. The van der Waals surface area contributed by atoms with E-state index < -0.39 is 6.61 Å². The topological polar surface area (TPSA) is 71.1 Å². The lowest BCUT2D eigenvalue weighted by atomic mass is 10.1. The average molecular weight is 427 g/mol. The molecule has 30 heavy (non-hydrogen) atoms. The van der Waals surface area contributed by atoms with Crippen molar-refractivity contribution in [3.05, 3.63) is 29.8 Å². The summed E-state index contributed by atoms with van der Waals surface area (Å²) in [6.07, 6.45) is 1.09. The highest BCUT2D eigenvalue weighted by molar-refractivity contribution is 5.78.